The summed E-state index contributed by atoms with van der Waals surface area (Å²) in [5.41, 5.74) is 3.13. The molecule has 4 heteroatoms. The maximum Gasteiger partial charge on any atom is 0.252 e. The highest BCUT2D eigenvalue weighted by Gasteiger charge is 2.09. The number of nitrogens with one attached hydrogen (secondary N) is 1. The first-order chi connectivity index (χ1) is 11.2. The van der Waals surface area contributed by atoms with E-state index in [4.69, 9.17) is 0 Å². The second kappa shape index (κ2) is 9.33. The zero-order valence-corrected chi connectivity index (χ0v) is 14.5. The summed E-state index contributed by atoms with van der Waals surface area (Å²) in [5.74, 6) is -0.0281. The molecule has 1 N–H and O–H groups in total. The zero-order valence-electron chi connectivity index (χ0n) is 14.5. The Labute approximate surface area is 140 Å². The van der Waals surface area contributed by atoms with Crippen molar-refractivity contribution >= 4 is 11.6 Å². The minimum atomic E-state index is -0.0281. The number of amides is 1. The highest BCUT2D eigenvalue weighted by molar-refractivity contribution is 5.94. The van der Waals surface area contributed by atoms with Crippen molar-refractivity contribution in [1.82, 2.24) is 10.3 Å². The Morgan fingerprint density at radius 3 is 2.96 bits per heavy atom. The summed E-state index contributed by atoms with van der Waals surface area (Å²) in [6.45, 7) is 3.87. The van der Waals surface area contributed by atoms with Crippen LogP contribution in [0.5, 0.6) is 0 Å². The van der Waals surface area contributed by atoms with Crippen LogP contribution < -0.4 is 10.2 Å². The van der Waals surface area contributed by atoms with Crippen LogP contribution in [-0.2, 0) is 0 Å². The van der Waals surface area contributed by atoms with E-state index in [1.165, 1.54) is 31.3 Å². The van der Waals surface area contributed by atoms with Crippen molar-refractivity contribution in [1.29, 1.82) is 0 Å². The van der Waals surface area contributed by atoms with E-state index in [-0.39, 0.29) is 5.91 Å². The first-order valence-corrected chi connectivity index (χ1v) is 8.83. The number of nitrogens with zero attached hydrogens (tertiary/aromatic N) is 2. The van der Waals surface area contributed by atoms with Crippen LogP contribution in [0.2, 0.25) is 0 Å². The van der Waals surface area contributed by atoms with Crippen LogP contribution >= 0.6 is 0 Å². The van der Waals surface area contributed by atoms with Crippen molar-refractivity contribution < 1.29 is 4.79 Å². The number of carbonyl (C=O) groups excluding carboxylic acids is 1. The van der Waals surface area contributed by atoms with Crippen molar-refractivity contribution in [3.63, 3.8) is 0 Å². The summed E-state index contributed by atoms with van der Waals surface area (Å²) < 4.78 is 0. The third-order valence-corrected chi connectivity index (χ3v) is 4.39. The van der Waals surface area contributed by atoms with E-state index >= 15 is 0 Å². The van der Waals surface area contributed by atoms with Gasteiger partial charge in [-0.05, 0) is 44.6 Å². The van der Waals surface area contributed by atoms with E-state index in [2.05, 4.69) is 28.2 Å². The fourth-order valence-electron chi connectivity index (χ4n) is 2.86. The van der Waals surface area contributed by atoms with E-state index in [0.717, 1.165) is 31.5 Å². The van der Waals surface area contributed by atoms with Gasteiger partial charge in [0, 0.05) is 26.3 Å². The summed E-state index contributed by atoms with van der Waals surface area (Å²) in [4.78, 5) is 18.7. The molecule has 1 heterocycles. The summed E-state index contributed by atoms with van der Waals surface area (Å²) in [5, 5.41) is 3.02. The first-order valence-electron chi connectivity index (χ1n) is 8.83. The summed E-state index contributed by atoms with van der Waals surface area (Å²) in [6, 6.07) is 1.93. The summed E-state index contributed by atoms with van der Waals surface area (Å²) in [7, 11) is 2.05. The van der Waals surface area contributed by atoms with Crippen LogP contribution in [0.4, 0.5) is 5.69 Å². The Morgan fingerprint density at radius 1 is 1.35 bits per heavy atom. The molecule has 0 aliphatic heterocycles. The average Bonchev–Trinajstić information content (AvgIpc) is 2.60. The van der Waals surface area contributed by atoms with Crippen molar-refractivity contribution in [2.75, 3.05) is 25.0 Å². The molecule has 0 unspecified atom stereocenters. The van der Waals surface area contributed by atoms with Crippen LogP contribution in [0.25, 0.3) is 0 Å². The van der Waals surface area contributed by atoms with Crippen LogP contribution in [0.3, 0.4) is 0 Å². The number of carbonyl (C=O) groups is 1. The van der Waals surface area contributed by atoms with Gasteiger partial charge in [0.1, 0.15) is 0 Å². The molecule has 1 aromatic rings. The highest BCUT2D eigenvalue weighted by atomic mass is 16.1. The van der Waals surface area contributed by atoms with Gasteiger partial charge in [0.25, 0.3) is 5.91 Å². The Morgan fingerprint density at radius 2 is 2.22 bits per heavy atom. The zero-order chi connectivity index (χ0) is 16.5. The van der Waals surface area contributed by atoms with E-state index in [1.807, 2.05) is 19.3 Å². The fraction of sp³-hybridized carbons (Fsp3) is 0.579. The third-order valence-electron chi connectivity index (χ3n) is 4.39. The van der Waals surface area contributed by atoms with E-state index < -0.39 is 0 Å². The van der Waals surface area contributed by atoms with Gasteiger partial charge < -0.3 is 10.2 Å². The van der Waals surface area contributed by atoms with Crippen LogP contribution in [0.1, 0.15) is 62.2 Å². The Bertz CT molecular complexity index is 539. The number of hydrogen-bond acceptors (Lipinski definition) is 3. The molecule has 23 heavy (non-hydrogen) atoms. The van der Waals surface area contributed by atoms with Crippen LogP contribution in [0, 0.1) is 0 Å². The smallest absolute Gasteiger partial charge is 0.252 e. The van der Waals surface area contributed by atoms with Crippen molar-refractivity contribution in [3.05, 3.63) is 35.7 Å². The Kier molecular flexibility index (Phi) is 7.11. The monoisotopic (exact) mass is 315 g/mol. The molecule has 2 rings (SSSR count). The lowest BCUT2D eigenvalue weighted by Crippen LogP contribution is -2.26. The molecule has 0 saturated carbocycles. The molecular formula is C19H29N3O. The molecule has 126 valence electrons. The molecule has 1 amide bonds. The number of unbranched alkanes of at least 4 members (excludes halogenated alkanes) is 1. The van der Waals surface area contributed by atoms with E-state index in [1.54, 1.807) is 6.20 Å². The predicted molar refractivity (Wildman–Crippen MR) is 95.9 cm³/mol. The topological polar surface area (TPSA) is 45.2 Å². The summed E-state index contributed by atoms with van der Waals surface area (Å²) >= 11 is 0. The van der Waals surface area contributed by atoms with Gasteiger partial charge in [-0.25, -0.2) is 0 Å². The molecule has 1 aliphatic carbocycles. The predicted octanol–water partition coefficient (Wildman–Crippen LogP) is 3.94. The minimum absolute atomic E-state index is 0.0281. The van der Waals surface area contributed by atoms with Gasteiger partial charge in [-0.3, -0.25) is 9.78 Å². The first kappa shape index (κ1) is 17.5. The number of allylic oxidation sites excluding steroid dienone is 1. The molecular weight excluding hydrogens is 286 g/mol. The molecule has 0 aromatic carbocycles. The van der Waals surface area contributed by atoms with Gasteiger partial charge >= 0.3 is 0 Å². The van der Waals surface area contributed by atoms with E-state index in [9.17, 15) is 4.79 Å². The number of pyridine rings is 1. The number of rotatable bonds is 8. The molecule has 1 aliphatic rings. The Balaban J connectivity index is 1.85. The van der Waals surface area contributed by atoms with Crippen molar-refractivity contribution in [2.45, 2.75) is 51.9 Å². The van der Waals surface area contributed by atoms with Crippen molar-refractivity contribution in [3.8, 4) is 0 Å². The van der Waals surface area contributed by atoms with E-state index in [0.29, 0.717) is 12.1 Å². The second-order valence-electron chi connectivity index (χ2n) is 6.32. The number of anilines is 1. The quantitative estimate of drug-likeness (QED) is 0.739. The largest absolute Gasteiger partial charge is 0.373 e. The lowest BCUT2D eigenvalue weighted by molar-refractivity contribution is 0.0953. The summed E-state index contributed by atoms with van der Waals surface area (Å²) in [6.07, 6.45) is 14.0. The van der Waals surface area contributed by atoms with Gasteiger partial charge in [0.15, 0.2) is 0 Å². The molecule has 0 fully saturated rings. The van der Waals surface area contributed by atoms with Gasteiger partial charge in [0.2, 0.25) is 0 Å². The van der Waals surface area contributed by atoms with Gasteiger partial charge in [-0.1, -0.05) is 25.0 Å². The SMILES string of the molecule is CCCCN(C)c1cncc(C(=O)NCCC2=CCCCC2)c1. The molecule has 4 nitrogen and oxygen atoms in total. The maximum absolute atomic E-state index is 12.3. The molecule has 0 bridgehead atoms. The molecule has 0 spiro atoms. The molecule has 0 saturated heterocycles. The van der Waals surface area contributed by atoms with Crippen LogP contribution in [-0.4, -0.2) is 31.0 Å². The van der Waals surface area contributed by atoms with Gasteiger partial charge in [0.05, 0.1) is 17.4 Å². The molecule has 0 radical (unpaired) electrons. The molecule has 1 aromatic heterocycles. The minimum Gasteiger partial charge on any atom is -0.373 e. The second-order valence-corrected chi connectivity index (χ2v) is 6.32. The van der Waals surface area contributed by atoms with Crippen molar-refractivity contribution in [2.24, 2.45) is 0 Å². The number of aromatic nitrogens is 1. The fourth-order valence-corrected chi connectivity index (χ4v) is 2.86. The normalized spacial score (nSPS) is 14.3. The van der Waals surface area contributed by atoms with Crippen LogP contribution in [0.15, 0.2) is 30.1 Å². The lowest BCUT2D eigenvalue weighted by Gasteiger charge is -2.19. The highest BCUT2D eigenvalue weighted by Crippen LogP contribution is 2.19. The standard InChI is InChI=1S/C19H29N3O/c1-3-4-12-22(2)18-13-17(14-20-15-18)19(23)21-11-10-16-8-6-5-7-9-16/h8,13-15H,3-7,9-12H2,1-2H3,(H,21,23). The Hall–Kier alpha value is -1.84. The van der Waals surface area contributed by atoms with Gasteiger partial charge in [-0.15, -0.1) is 0 Å². The lowest BCUT2D eigenvalue weighted by atomic mass is 9.97. The third kappa shape index (κ3) is 5.70. The average molecular weight is 315 g/mol. The number of hydrogen-bond donors (Lipinski definition) is 1. The maximum atomic E-state index is 12.3. The molecule has 0 atom stereocenters. The van der Waals surface area contributed by atoms with Gasteiger partial charge in [-0.2, -0.15) is 0 Å².